The molecule has 1 heterocycles. The second-order valence-corrected chi connectivity index (χ2v) is 5.23. The average Bonchev–Trinajstić information content (AvgIpc) is 3.12. The summed E-state index contributed by atoms with van der Waals surface area (Å²) in [4.78, 5) is 6.69. The number of hydrogen-bond acceptors (Lipinski definition) is 3. The molecule has 0 atom stereocenters. The summed E-state index contributed by atoms with van der Waals surface area (Å²) in [7, 11) is 0. The molecule has 0 saturated heterocycles. The second kappa shape index (κ2) is 3.96. The highest BCUT2D eigenvalue weighted by atomic mass is 15.1. The van der Waals surface area contributed by atoms with Gasteiger partial charge in [-0.3, -0.25) is 0 Å². The number of pyridine rings is 1. The molecule has 2 aliphatic rings. The first-order valence-corrected chi connectivity index (χ1v) is 6.28. The minimum atomic E-state index is 0.613. The van der Waals surface area contributed by atoms with Crippen LogP contribution in [0.2, 0.25) is 0 Å². The number of aromatic nitrogens is 1. The molecule has 2 fully saturated rings. The van der Waals surface area contributed by atoms with E-state index in [9.17, 15) is 0 Å². The van der Waals surface area contributed by atoms with Gasteiger partial charge in [-0.15, -0.1) is 0 Å². The summed E-state index contributed by atoms with van der Waals surface area (Å²) in [5.74, 6) is 2.47. The van der Waals surface area contributed by atoms with Crippen LogP contribution in [-0.4, -0.2) is 18.1 Å². The van der Waals surface area contributed by atoms with Crippen molar-refractivity contribution in [2.45, 2.75) is 25.7 Å². The van der Waals surface area contributed by atoms with Gasteiger partial charge in [0.25, 0.3) is 0 Å². The van der Waals surface area contributed by atoms with E-state index < -0.39 is 0 Å². The van der Waals surface area contributed by atoms with Crippen LogP contribution < -0.4 is 10.6 Å². The molecule has 0 radical (unpaired) electrons. The van der Waals surface area contributed by atoms with Crippen LogP contribution in [-0.2, 0) is 0 Å². The Hall–Kier alpha value is -1.25. The largest absolute Gasteiger partial charge is 0.384 e. The van der Waals surface area contributed by atoms with Crippen molar-refractivity contribution < 1.29 is 0 Å². The van der Waals surface area contributed by atoms with E-state index in [4.69, 9.17) is 5.73 Å². The van der Waals surface area contributed by atoms with Gasteiger partial charge in [-0.2, -0.15) is 0 Å². The number of rotatable bonds is 5. The first kappa shape index (κ1) is 9.94. The van der Waals surface area contributed by atoms with Crippen molar-refractivity contribution in [2.24, 2.45) is 11.8 Å². The predicted octanol–water partition coefficient (Wildman–Crippen LogP) is 2.29. The minimum Gasteiger partial charge on any atom is -0.384 e. The molecule has 0 amide bonds. The summed E-state index contributed by atoms with van der Waals surface area (Å²) in [5, 5.41) is 0. The van der Waals surface area contributed by atoms with Crippen LogP contribution in [0.3, 0.4) is 0 Å². The second-order valence-electron chi connectivity index (χ2n) is 5.23. The zero-order valence-electron chi connectivity index (χ0n) is 9.60. The maximum atomic E-state index is 5.62. The Morgan fingerprint density at radius 3 is 2.19 bits per heavy atom. The Morgan fingerprint density at radius 1 is 1.12 bits per heavy atom. The lowest BCUT2D eigenvalue weighted by Gasteiger charge is -2.24. The fraction of sp³-hybridized carbons (Fsp3) is 0.615. The van der Waals surface area contributed by atoms with Crippen molar-refractivity contribution in [3.05, 3.63) is 18.3 Å². The molecule has 3 nitrogen and oxygen atoms in total. The van der Waals surface area contributed by atoms with Gasteiger partial charge in [0.15, 0.2) is 0 Å². The Morgan fingerprint density at radius 2 is 1.75 bits per heavy atom. The molecule has 1 aromatic rings. The summed E-state index contributed by atoms with van der Waals surface area (Å²) < 4.78 is 0. The van der Waals surface area contributed by atoms with Gasteiger partial charge in [-0.05, 0) is 49.7 Å². The third kappa shape index (κ3) is 2.46. The van der Waals surface area contributed by atoms with E-state index in [1.807, 2.05) is 12.3 Å². The number of nitrogens with zero attached hydrogens (tertiary/aromatic N) is 2. The summed E-state index contributed by atoms with van der Waals surface area (Å²) in [6.07, 6.45) is 7.54. The third-order valence-corrected chi connectivity index (χ3v) is 3.49. The molecule has 0 aliphatic heterocycles. The van der Waals surface area contributed by atoms with Crippen molar-refractivity contribution in [3.63, 3.8) is 0 Å². The minimum absolute atomic E-state index is 0.613. The van der Waals surface area contributed by atoms with Gasteiger partial charge in [-0.1, -0.05) is 0 Å². The first-order valence-electron chi connectivity index (χ1n) is 6.28. The van der Waals surface area contributed by atoms with E-state index in [1.165, 1.54) is 44.5 Å². The monoisotopic (exact) mass is 217 g/mol. The Balaban J connectivity index is 1.71. The molecule has 3 rings (SSSR count). The lowest BCUT2D eigenvalue weighted by molar-refractivity contribution is 0.678. The molecule has 1 aromatic heterocycles. The smallest absolute Gasteiger partial charge is 0.123 e. The first-order chi connectivity index (χ1) is 7.81. The zero-order chi connectivity index (χ0) is 11.0. The lowest BCUT2D eigenvalue weighted by atomic mass is 10.2. The van der Waals surface area contributed by atoms with Crippen molar-refractivity contribution >= 4 is 11.5 Å². The van der Waals surface area contributed by atoms with Crippen molar-refractivity contribution in [1.29, 1.82) is 0 Å². The van der Waals surface area contributed by atoms with Crippen molar-refractivity contribution in [2.75, 3.05) is 23.7 Å². The maximum Gasteiger partial charge on any atom is 0.123 e. The van der Waals surface area contributed by atoms with Crippen molar-refractivity contribution in [3.8, 4) is 0 Å². The van der Waals surface area contributed by atoms with E-state index in [2.05, 4.69) is 16.0 Å². The van der Waals surface area contributed by atoms with Crippen LogP contribution in [0.1, 0.15) is 25.7 Å². The fourth-order valence-corrected chi connectivity index (χ4v) is 2.09. The molecule has 2 saturated carbocycles. The van der Waals surface area contributed by atoms with Gasteiger partial charge in [0.05, 0.1) is 11.9 Å². The Bertz CT molecular complexity index is 338. The number of nitrogen functional groups attached to an aromatic ring is 1. The molecule has 0 bridgehead atoms. The van der Waals surface area contributed by atoms with E-state index in [-0.39, 0.29) is 0 Å². The molecule has 0 spiro atoms. The fourth-order valence-electron chi connectivity index (χ4n) is 2.09. The third-order valence-electron chi connectivity index (χ3n) is 3.49. The molecular weight excluding hydrogens is 198 g/mol. The molecule has 2 N–H and O–H groups in total. The summed E-state index contributed by atoms with van der Waals surface area (Å²) in [5.41, 5.74) is 6.87. The molecule has 2 aliphatic carbocycles. The van der Waals surface area contributed by atoms with E-state index in [0.717, 1.165) is 11.8 Å². The van der Waals surface area contributed by atoms with E-state index >= 15 is 0 Å². The van der Waals surface area contributed by atoms with Gasteiger partial charge in [0, 0.05) is 13.1 Å². The van der Waals surface area contributed by atoms with E-state index in [1.54, 1.807) is 0 Å². The van der Waals surface area contributed by atoms with Gasteiger partial charge >= 0.3 is 0 Å². The summed E-state index contributed by atoms with van der Waals surface area (Å²) in [6.45, 7) is 2.42. The molecule has 0 unspecified atom stereocenters. The normalized spacial score (nSPS) is 19.8. The molecule has 0 aromatic carbocycles. The molecule has 86 valence electrons. The summed E-state index contributed by atoms with van der Waals surface area (Å²) >= 11 is 0. The molecular formula is C13H19N3. The Labute approximate surface area is 96.7 Å². The van der Waals surface area contributed by atoms with Crippen LogP contribution in [0.25, 0.3) is 0 Å². The Kier molecular flexibility index (Phi) is 2.46. The topological polar surface area (TPSA) is 42.1 Å². The van der Waals surface area contributed by atoms with Crippen LogP contribution >= 0.6 is 0 Å². The van der Waals surface area contributed by atoms with Crippen LogP contribution in [0.4, 0.5) is 11.5 Å². The number of nitrogens with two attached hydrogens (primary N) is 1. The number of hydrogen-bond donors (Lipinski definition) is 1. The zero-order valence-corrected chi connectivity index (χ0v) is 9.60. The van der Waals surface area contributed by atoms with Crippen LogP contribution in [0, 0.1) is 11.8 Å². The SMILES string of the molecule is Nc1ccc(N(CC2CC2)CC2CC2)cn1. The quantitative estimate of drug-likeness (QED) is 0.822. The number of anilines is 2. The van der Waals surface area contributed by atoms with Crippen molar-refractivity contribution in [1.82, 2.24) is 4.98 Å². The highest BCUT2D eigenvalue weighted by Crippen LogP contribution is 2.35. The van der Waals surface area contributed by atoms with Gasteiger partial charge in [0.2, 0.25) is 0 Å². The van der Waals surface area contributed by atoms with Gasteiger partial charge in [-0.25, -0.2) is 4.98 Å². The van der Waals surface area contributed by atoms with Gasteiger partial charge in [0.1, 0.15) is 5.82 Å². The van der Waals surface area contributed by atoms with Crippen LogP contribution in [0.15, 0.2) is 18.3 Å². The molecule has 3 heteroatoms. The average molecular weight is 217 g/mol. The highest BCUT2D eigenvalue weighted by Gasteiger charge is 2.29. The highest BCUT2D eigenvalue weighted by molar-refractivity contribution is 5.48. The summed E-state index contributed by atoms with van der Waals surface area (Å²) in [6, 6.07) is 4.01. The van der Waals surface area contributed by atoms with Crippen LogP contribution in [0.5, 0.6) is 0 Å². The standard InChI is InChI=1S/C13H19N3/c14-13-6-5-12(7-15-13)16(8-10-1-2-10)9-11-3-4-11/h5-7,10-11H,1-4,8-9H2,(H2,14,15). The van der Waals surface area contributed by atoms with E-state index in [0.29, 0.717) is 5.82 Å². The predicted molar refractivity (Wildman–Crippen MR) is 66.3 cm³/mol. The van der Waals surface area contributed by atoms with Gasteiger partial charge < -0.3 is 10.6 Å². The maximum absolute atomic E-state index is 5.62. The molecule has 16 heavy (non-hydrogen) atoms. The lowest BCUT2D eigenvalue weighted by Crippen LogP contribution is -2.28.